The van der Waals surface area contributed by atoms with Crippen molar-refractivity contribution in [1.82, 2.24) is 4.90 Å². The highest BCUT2D eigenvalue weighted by molar-refractivity contribution is 5.71. The van der Waals surface area contributed by atoms with Crippen molar-refractivity contribution in [2.24, 2.45) is 5.92 Å². The minimum atomic E-state index is -0.609. The number of nitrogens with zero attached hydrogens (tertiary/aromatic N) is 2. The molecule has 0 spiro atoms. The molecule has 2 fully saturated rings. The molecule has 3 heterocycles. The first-order valence-electron chi connectivity index (χ1n) is 7.95. The van der Waals surface area contributed by atoms with E-state index in [1.165, 1.54) is 23.2 Å². The van der Waals surface area contributed by atoms with Crippen molar-refractivity contribution in [1.29, 1.82) is 0 Å². The van der Waals surface area contributed by atoms with Gasteiger partial charge in [0.15, 0.2) is 0 Å². The third-order valence-electron chi connectivity index (χ3n) is 5.64. The van der Waals surface area contributed by atoms with E-state index in [2.05, 4.69) is 35.0 Å². The lowest BCUT2D eigenvalue weighted by Gasteiger charge is -2.23. The summed E-state index contributed by atoms with van der Waals surface area (Å²) in [6.07, 6.45) is 4.19. The number of carboxylic acid groups (broad SMARTS) is 1. The molecule has 0 radical (unpaired) electrons. The fourth-order valence-corrected chi connectivity index (χ4v) is 4.54. The molecule has 4 rings (SSSR count). The van der Waals surface area contributed by atoms with Gasteiger partial charge in [0.1, 0.15) is 0 Å². The van der Waals surface area contributed by atoms with Crippen LogP contribution in [0, 0.1) is 5.92 Å². The molecule has 21 heavy (non-hydrogen) atoms. The van der Waals surface area contributed by atoms with Crippen LogP contribution in [0.5, 0.6) is 0 Å². The van der Waals surface area contributed by atoms with Crippen LogP contribution in [0.15, 0.2) is 18.2 Å². The zero-order valence-corrected chi connectivity index (χ0v) is 12.5. The van der Waals surface area contributed by atoms with Gasteiger partial charge in [0.05, 0.1) is 5.92 Å². The second-order valence-corrected chi connectivity index (χ2v) is 6.79. The Morgan fingerprint density at radius 3 is 3.00 bits per heavy atom. The summed E-state index contributed by atoms with van der Waals surface area (Å²) in [5.41, 5.74) is 4.13. The van der Waals surface area contributed by atoms with E-state index in [1.54, 1.807) is 0 Å². The second kappa shape index (κ2) is 4.73. The van der Waals surface area contributed by atoms with Gasteiger partial charge in [-0.25, -0.2) is 0 Å². The largest absolute Gasteiger partial charge is 0.481 e. The Morgan fingerprint density at radius 2 is 2.24 bits per heavy atom. The van der Waals surface area contributed by atoms with E-state index in [0.29, 0.717) is 6.04 Å². The SMILES string of the molecule is CN1CCc2cc(CN3C4CCC3C(C(=O)O)C4)ccc21. The lowest BCUT2D eigenvalue weighted by atomic mass is 9.89. The molecule has 4 nitrogen and oxygen atoms in total. The van der Waals surface area contributed by atoms with Crippen LogP contribution in [0.1, 0.15) is 30.4 Å². The molecule has 112 valence electrons. The minimum Gasteiger partial charge on any atom is -0.481 e. The van der Waals surface area contributed by atoms with Gasteiger partial charge in [-0.2, -0.15) is 0 Å². The van der Waals surface area contributed by atoms with Crippen molar-refractivity contribution in [2.75, 3.05) is 18.5 Å². The van der Waals surface area contributed by atoms with Crippen LogP contribution in [0.2, 0.25) is 0 Å². The summed E-state index contributed by atoms with van der Waals surface area (Å²) in [5.74, 6) is -0.757. The molecule has 1 aromatic carbocycles. The van der Waals surface area contributed by atoms with E-state index < -0.39 is 5.97 Å². The average Bonchev–Trinajstić information content (AvgIpc) is 3.13. The standard InChI is InChI=1S/C17H22N2O2/c1-18-7-6-12-8-11(2-4-15(12)18)10-19-13-3-5-16(19)14(9-13)17(20)21/h2,4,8,13-14,16H,3,5-7,9-10H2,1H3,(H,20,21). The number of anilines is 1. The minimum absolute atomic E-state index is 0.149. The van der Waals surface area contributed by atoms with Gasteiger partial charge in [0, 0.05) is 37.9 Å². The fraction of sp³-hybridized carbons (Fsp3) is 0.588. The number of carboxylic acids is 1. The van der Waals surface area contributed by atoms with Crippen molar-refractivity contribution in [3.8, 4) is 0 Å². The zero-order chi connectivity index (χ0) is 14.6. The van der Waals surface area contributed by atoms with Crippen molar-refractivity contribution in [2.45, 2.75) is 44.3 Å². The van der Waals surface area contributed by atoms with Gasteiger partial charge < -0.3 is 10.0 Å². The smallest absolute Gasteiger partial charge is 0.308 e. The maximum absolute atomic E-state index is 11.3. The number of hydrogen-bond acceptors (Lipinski definition) is 3. The highest BCUT2D eigenvalue weighted by atomic mass is 16.4. The second-order valence-electron chi connectivity index (χ2n) is 6.79. The van der Waals surface area contributed by atoms with Crippen LogP contribution < -0.4 is 4.90 Å². The molecular weight excluding hydrogens is 264 g/mol. The lowest BCUT2D eigenvalue weighted by Crippen LogP contribution is -2.32. The molecule has 3 aliphatic heterocycles. The van der Waals surface area contributed by atoms with Gasteiger partial charge in [-0.15, -0.1) is 0 Å². The van der Waals surface area contributed by atoms with E-state index in [4.69, 9.17) is 0 Å². The Balaban J connectivity index is 1.53. The summed E-state index contributed by atoms with van der Waals surface area (Å²) < 4.78 is 0. The highest BCUT2D eigenvalue weighted by Crippen LogP contribution is 2.42. The normalized spacial score (nSPS) is 30.9. The summed E-state index contributed by atoms with van der Waals surface area (Å²) in [6, 6.07) is 7.50. The summed E-state index contributed by atoms with van der Waals surface area (Å²) in [4.78, 5) is 16.1. The fourth-order valence-electron chi connectivity index (χ4n) is 4.54. The number of rotatable bonds is 3. The molecule has 0 aliphatic carbocycles. The van der Waals surface area contributed by atoms with Gasteiger partial charge >= 0.3 is 5.97 Å². The van der Waals surface area contributed by atoms with Crippen LogP contribution in [-0.4, -0.2) is 41.7 Å². The van der Waals surface area contributed by atoms with Crippen LogP contribution in [0.3, 0.4) is 0 Å². The molecule has 1 N–H and O–H groups in total. The monoisotopic (exact) mass is 286 g/mol. The third kappa shape index (κ3) is 2.04. The van der Waals surface area contributed by atoms with Crippen LogP contribution in [0.25, 0.3) is 0 Å². The third-order valence-corrected chi connectivity index (χ3v) is 5.64. The van der Waals surface area contributed by atoms with Gasteiger partial charge in [-0.3, -0.25) is 9.69 Å². The molecule has 3 unspecified atom stereocenters. The zero-order valence-electron chi connectivity index (χ0n) is 12.5. The molecule has 3 aliphatic rings. The number of fused-ring (bicyclic) bond motifs is 3. The first kappa shape index (κ1) is 13.1. The quantitative estimate of drug-likeness (QED) is 0.924. The number of carbonyl (C=O) groups is 1. The molecule has 2 saturated heterocycles. The molecule has 2 bridgehead atoms. The van der Waals surface area contributed by atoms with Gasteiger partial charge in [-0.1, -0.05) is 12.1 Å². The van der Waals surface area contributed by atoms with Crippen LogP contribution in [0.4, 0.5) is 5.69 Å². The van der Waals surface area contributed by atoms with Crippen molar-refractivity contribution >= 4 is 11.7 Å². The lowest BCUT2D eigenvalue weighted by molar-refractivity contribution is -0.142. The summed E-state index contributed by atoms with van der Waals surface area (Å²) in [5, 5.41) is 9.34. The number of likely N-dealkylation sites (N-methyl/N-ethyl adjacent to an activating group) is 1. The molecule has 1 aromatic rings. The summed E-state index contributed by atoms with van der Waals surface area (Å²) >= 11 is 0. The first-order chi connectivity index (χ1) is 10.1. The first-order valence-corrected chi connectivity index (χ1v) is 7.95. The van der Waals surface area contributed by atoms with E-state index in [1.807, 2.05) is 0 Å². The number of aliphatic carboxylic acids is 1. The predicted octanol–water partition coefficient (Wildman–Crippen LogP) is 2.12. The van der Waals surface area contributed by atoms with Crippen molar-refractivity contribution in [3.05, 3.63) is 29.3 Å². The average molecular weight is 286 g/mol. The Hall–Kier alpha value is -1.55. The Bertz CT molecular complexity index is 586. The van der Waals surface area contributed by atoms with Crippen LogP contribution in [-0.2, 0) is 17.8 Å². The maximum Gasteiger partial charge on any atom is 0.308 e. The predicted molar refractivity (Wildman–Crippen MR) is 81.5 cm³/mol. The summed E-state index contributed by atoms with van der Waals surface area (Å²) in [6.45, 7) is 2.02. The Morgan fingerprint density at radius 1 is 1.38 bits per heavy atom. The highest BCUT2D eigenvalue weighted by Gasteiger charge is 2.48. The summed E-state index contributed by atoms with van der Waals surface area (Å²) in [7, 11) is 2.14. The van der Waals surface area contributed by atoms with Gasteiger partial charge in [0.25, 0.3) is 0 Å². The van der Waals surface area contributed by atoms with Gasteiger partial charge in [0.2, 0.25) is 0 Å². The molecule has 0 aromatic heterocycles. The van der Waals surface area contributed by atoms with Crippen molar-refractivity contribution in [3.63, 3.8) is 0 Å². The van der Waals surface area contributed by atoms with Crippen molar-refractivity contribution < 1.29 is 9.90 Å². The van der Waals surface area contributed by atoms with Crippen LogP contribution >= 0.6 is 0 Å². The number of benzene rings is 1. The number of hydrogen-bond donors (Lipinski definition) is 1. The van der Waals surface area contributed by atoms with E-state index in [9.17, 15) is 9.90 Å². The van der Waals surface area contributed by atoms with E-state index >= 15 is 0 Å². The molecule has 0 amide bonds. The molecule has 0 saturated carbocycles. The molecule has 3 atom stereocenters. The topological polar surface area (TPSA) is 43.8 Å². The molecular formula is C17H22N2O2. The van der Waals surface area contributed by atoms with E-state index in [0.717, 1.165) is 32.4 Å². The Kier molecular flexibility index (Phi) is 2.96. The van der Waals surface area contributed by atoms with E-state index in [-0.39, 0.29) is 12.0 Å². The maximum atomic E-state index is 11.3. The molecule has 4 heteroatoms. The van der Waals surface area contributed by atoms with Gasteiger partial charge in [-0.05, 0) is 42.9 Å². The Labute approximate surface area is 125 Å².